The number of nitrogens with one attached hydrogen (secondary N) is 1. The summed E-state index contributed by atoms with van der Waals surface area (Å²) in [4.78, 5) is 29.6. The monoisotopic (exact) mass is 459 g/mol. The zero-order chi connectivity index (χ0) is 24.7. The Hall–Kier alpha value is -3.80. The van der Waals surface area contributed by atoms with Crippen molar-refractivity contribution in [2.24, 2.45) is 0 Å². The molecular formula is C28H33N3O3. The Balaban J connectivity index is 2.03. The van der Waals surface area contributed by atoms with Gasteiger partial charge >= 0.3 is 0 Å². The van der Waals surface area contributed by atoms with E-state index in [9.17, 15) is 9.59 Å². The minimum absolute atomic E-state index is 0.0487. The van der Waals surface area contributed by atoms with Gasteiger partial charge < -0.3 is 19.9 Å². The third-order valence-electron chi connectivity index (χ3n) is 5.85. The molecule has 1 N–H and O–H groups in total. The Morgan fingerprint density at radius 1 is 0.971 bits per heavy atom. The summed E-state index contributed by atoms with van der Waals surface area (Å²) in [5, 5.41) is 2.93. The summed E-state index contributed by atoms with van der Waals surface area (Å²) in [6.07, 6.45) is 0.401. The van der Waals surface area contributed by atoms with Crippen LogP contribution in [0.2, 0.25) is 0 Å². The maximum absolute atomic E-state index is 13.8. The van der Waals surface area contributed by atoms with E-state index in [2.05, 4.69) is 5.32 Å². The zero-order valence-electron chi connectivity index (χ0n) is 20.5. The minimum atomic E-state index is -0.167. The van der Waals surface area contributed by atoms with Crippen LogP contribution in [0.5, 0.6) is 5.75 Å². The topological polar surface area (TPSA) is 61.9 Å². The van der Waals surface area contributed by atoms with Gasteiger partial charge in [0.15, 0.2) is 0 Å². The van der Waals surface area contributed by atoms with Crippen LogP contribution in [0.3, 0.4) is 0 Å². The average molecular weight is 460 g/mol. The molecule has 1 atom stereocenters. The molecule has 0 spiro atoms. The summed E-state index contributed by atoms with van der Waals surface area (Å²) in [5.41, 5.74) is 4.29. The van der Waals surface area contributed by atoms with Gasteiger partial charge in [-0.2, -0.15) is 0 Å². The van der Waals surface area contributed by atoms with Crippen LogP contribution in [0, 0.1) is 0 Å². The summed E-state index contributed by atoms with van der Waals surface area (Å²) in [6.45, 7) is 4.24. The molecule has 0 heterocycles. The van der Waals surface area contributed by atoms with Crippen molar-refractivity contribution < 1.29 is 14.3 Å². The SMILES string of the molecule is CCC(=O)Nc1ccc(N(C)C)c(CN(C(=O)c2ccc(OC)cc2)[C@@H](C)c2ccccc2)c1. The first-order valence-corrected chi connectivity index (χ1v) is 11.4. The second kappa shape index (κ2) is 11.4. The van der Waals surface area contributed by atoms with Gasteiger partial charge in [-0.25, -0.2) is 0 Å². The minimum Gasteiger partial charge on any atom is -0.497 e. The van der Waals surface area contributed by atoms with Crippen LogP contribution in [0.4, 0.5) is 11.4 Å². The van der Waals surface area contributed by atoms with E-state index in [0.29, 0.717) is 24.3 Å². The fourth-order valence-electron chi connectivity index (χ4n) is 3.85. The number of nitrogens with zero attached hydrogens (tertiary/aromatic N) is 2. The van der Waals surface area contributed by atoms with Crippen molar-refractivity contribution in [1.82, 2.24) is 4.90 Å². The van der Waals surface area contributed by atoms with Crippen molar-refractivity contribution in [3.8, 4) is 5.75 Å². The molecule has 0 saturated heterocycles. The number of ether oxygens (including phenoxy) is 1. The molecule has 0 radical (unpaired) electrons. The summed E-state index contributed by atoms with van der Waals surface area (Å²) in [6, 6.07) is 22.8. The van der Waals surface area contributed by atoms with Crippen LogP contribution < -0.4 is 15.0 Å². The van der Waals surface area contributed by atoms with Gasteiger partial charge in [0, 0.05) is 44.0 Å². The average Bonchev–Trinajstić information content (AvgIpc) is 2.86. The van der Waals surface area contributed by atoms with Crippen LogP contribution in [0.1, 0.15) is 47.8 Å². The van der Waals surface area contributed by atoms with Gasteiger partial charge in [-0.05, 0) is 60.5 Å². The van der Waals surface area contributed by atoms with Gasteiger partial charge in [0.05, 0.1) is 13.2 Å². The lowest BCUT2D eigenvalue weighted by Gasteiger charge is -2.32. The standard InChI is InChI=1S/C28H33N3O3/c1-6-27(32)29-24-14-17-26(30(3)4)23(18-24)19-31(20(2)21-10-8-7-9-11-21)28(33)22-12-15-25(34-5)16-13-22/h7-18,20H,6,19H2,1-5H3,(H,29,32)/t20-/m0/s1. The molecule has 0 aliphatic carbocycles. The maximum Gasteiger partial charge on any atom is 0.254 e. The van der Waals surface area contributed by atoms with Crippen LogP contribution in [0.15, 0.2) is 72.8 Å². The van der Waals surface area contributed by atoms with E-state index in [1.807, 2.05) is 86.3 Å². The first-order chi connectivity index (χ1) is 16.3. The zero-order valence-corrected chi connectivity index (χ0v) is 20.5. The van der Waals surface area contributed by atoms with E-state index in [1.165, 1.54) is 0 Å². The molecule has 3 aromatic rings. The highest BCUT2D eigenvalue weighted by atomic mass is 16.5. The molecule has 0 saturated carbocycles. The summed E-state index contributed by atoms with van der Waals surface area (Å²) < 4.78 is 5.25. The first kappa shape index (κ1) is 24.8. The number of benzene rings is 3. The number of carbonyl (C=O) groups excluding carboxylic acids is 2. The third kappa shape index (κ3) is 5.95. The first-order valence-electron chi connectivity index (χ1n) is 11.4. The molecule has 3 rings (SSSR count). The number of carbonyl (C=O) groups is 2. The number of hydrogen-bond donors (Lipinski definition) is 1. The van der Waals surface area contributed by atoms with Gasteiger partial charge in [0.25, 0.3) is 5.91 Å². The fourth-order valence-corrected chi connectivity index (χ4v) is 3.85. The Bertz CT molecular complexity index is 1110. The smallest absolute Gasteiger partial charge is 0.254 e. The lowest BCUT2D eigenvalue weighted by atomic mass is 10.0. The van der Waals surface area contributed by atoms with Gasteiger partial charge in [-0.3, -0.25) is 9.59 Å². The molecular weight excluding hydrogens is 426 g/mol. The number of anilines is 2. The lowest BCUT2D eigenvalue weighted by molar-refractivity contribution is -0.115. The number of amides is 2. The summed E-state index contributed by atoms with van der Waals surface area (Å²) in [7, 11) is 5.55. The van der Waals surface area contributed by atoms with Gasteiger partial charge in [-0.1, -0.05) is 37.3 Å². The van der Waals surface area contributed by atoms with Crippen molar-refractivity contribution in [1.29, 1.82) is 0 Å². The van der Waals surface area contributed by atoms with Crippen molar-refractivity contribution in [2.45, 2.75) is 32.9 Å². The fraction of sp³-hybridized carbons (Fsp3) is 0.286. The van der Waals surface area contributed by atoms with Crippen molar-refractivity contribution in [3.05, 3.63) is 89.5 Å². The molecule has 3 aromatic carbocycles. The Labute approximate surface area is 202 Å². The van der Waals surface area contributed by atoms with Crippen molar-refractivity contribution in [2.75, 3.05) is 31.4 Å². The van der Waals surface area contributed by atoms with Crippen LogP contribution in [0.25, 0.3) is 0 Å². The van der Waals surface area contributed by atoms with Gasteiger partial charge in [0.1, 0.15) is 5.75 Å². The van der Waals surface area contributed by atoms with E-state index in [0.717, 1.165) is 22.5 Å². The summed E-state index contributed by atoms with van der Waals surface area (Å²) in [5.74, 6) is 0.576. The normalized spacial score (nSPS) is 11.4. The quantitative estimate of drug-likeness (QED) is 0.458. The van der Waals surface area contributed by atoms with Crippen LogP contribution >= 0.6 is 0 Å². The van der Waals surface area contributed by atoms with Crippen LogP contribution in [-0.2, 0) is 11.3 Å². The van der Waals surface area contributed by atoms with Gasteiger partial charge in [0.2, 0.25) is 5.91 Å². The molecule has 0 bridgehead atoms. The van der Waals surface area contributed by atoms with E-state index in [-0.39, 0.29) is 17.9 Å². The Kier molecular flexibility index (Phi) is 8.30. The predicted molar refractivity (Wildman–Crippen MR) is 137 cm³/mol. The number of rotatable bonds is 9. The highest BCUT2D eigenvalue weighted by Gasteiger charge is 2.25. The lowest BCUT2D eigenvalue weighted by Crippen LogP contribution is -2.33. The Morgan fingerprint density at radius 2 is 1.65 bits per heavy atom. The van der Waals surface area contributed by atoms with Crippen molar-refractivity contribution >= 4 is 23.2 Å². The van der Waals surface area contributed by atoms with E-state index < -0.39 is 0 Å². The third-order valence-corrected chi connectivity index (χ3v) is 5.85. The molecule has 0 aromatic heterocycles. The van der Waals surface area contributed by atoms with Crippen LogP contribution in [-0.4, -0.2) is 37.9 Å². The van der Waals surface area contributed by atoms with E-state index in [1.54, 1.807) is 31.4 Å². The molecule has 178 valence electrons. The van der Waals surface area contributed by atoms with E-state index in [4.69, 9.17) is 4.74 Å². The highest BCUT2D eigenvalue weighted by Crippen LogP contribution is 2.30. The summed E-state index contributed by atoms with van der Waals surface area (Å²) >= 11 is 0. The highest BCUT2D eigenvalue weighted by molar-refractivity contribution is 5.95. The number of hydrogen-bond acceptors (Lipinski definition) is 4. The van der Waals surface area contributed by atoms with E-state index >= 15 is 0 Å². The number of methoxy groups -OCH3 is 1. The predicted octanol–water partition coefficient (Wildman–Crippen LogP) is 5.51. The Morgan fingerprint density at radius 3 is 2.24 bits per heavy atom. The molecule has 2 amide bonds. The second-order valence-corrected chi connectivity index (χ2v) is 8.39. The molecule has 0 aliphatic rings. The molecule has 6 heteroatoms. The largest absolute Gasteiger partial charge is 0.497 e. The molecule has 0 aliphatic heterocycles. The van der Waals surface area contributed by atoms with Gasteiger partial charge in [-0.15, -0.1) is 0 Å². The molecule has 0 fully saturated rings. The molecule has 34 heavy (non-hydrogen) atoms. The second-order valence-electron chi connectivity index (χ2n) is 8.39. The maximum atomic E-state index is 13.8. The molecule has 6 nitrogen and oxygen atoms in total. The van der Waals surface area contributed by atoms with Crippen molar-refractivity contribution in [3.63, 3.8) is 0 Å². The molecule has 0 unspecified atom stereocenters.